The van der Waals surface area contributed by atoms with Crippen LogP contribution in [0.4, 0.5) is 0 Å². The molecule has 16 rings (SSSR count). The van der Waals surface area contributed by atoms with Crippen molar-refractivity contribution in [3.05, 3.63) is 296 Å². The highest BCUT2D eigenvalue weighted by Crippen LogP contribution is 2.40. The quantitative estimate of drug-likeness (QED) is 0.127. The lowest BCUT2D eigenvalue weighted by molar-refractivity contribution is 0.101. The van der Waals surface area contributed by atoms with E-state index in [2.05, 4.69) is 281 Å². The van der Waals surface area contributed by atoms with Gasteiger partial charge in [0.15, 0.2) is 5.78 Å². The van der Waals surface area contributed by atoms with E-state index < -0.39 is 0 Å². The highest BCUT2D eigenvalue weighted by Gasteiger charge is 2.13. The fraction of sp³-hybridized carbons (Fsp3) is 0.0741. The van der Waals surface area contributed by atoms with Gasteiger partial charge in [-0.2, -0.15) is 0 Å². The standard InChI is InChI=1S/C22H20.C20H14O.C20H14.C18H12.CH4/c1-3-15(2)16-12-13-21-19-10-5-4-8-17(19)18-9-6-7-11-20(18)22(21)14-16;1-13(21)14-10-11-19-17-8-3-2-6-15(17)16-7-4-5-9-18(16)20(19)12-14;1-2-14-11-12-19-17-9-4-3-7-15(17)16-8-5-6-10-18(16)20(19)13-14;1-2-8-14-13(7-1)15-9-3-4-11-17(15)18-12-6-5-10-16(14)18;/h4-15H,3H2,1-2H3;2-12H,1H3;2-13H,1H2;1-12H;1H4. The topological polar surface area (TPSA) is 17.1 Å². The second kappa shape index (κ2) is 22.7. The van der Waals surface area contributed by atoms with Crippen molar-refractivity contribution in [3.63, 3.8) is 0 Å². The van der Waals surface area contributed by atoms with Crippen LogP contribution in [0, 0.1) is 0 Å². The maximum atomic E-state index is 11.7. The van der Waals surface area contributed by atoms with Crippen LogP contribution in [0.2, 0.25) is 0 Å². The van der Waals surface area contributed by atoms with Gasteiger partial charge in [-0.25, -0.2) is 0 Å². The summed E-state index contributed by atoms with van der Waals surface area (Å²) in [5.74, 6) is 0.712. The molecule has 0 saturated carbocycles. The predicted molar refractivity (Wildman–Crippen MR) is 361 cm³/mol. The molecule has 1 nitrogen and oxygen atoms in total. The summed E-state index contributed by atoms with van der Waals surface area (Å²) in [4.78, 5) is 11.7. The first-order valence-electron chi connectivity index (χ1n) is 28.3. The van der Waals surface area contributed by atoms with Crippen LogP contribution in [0.15, 0.2) is 280 Å². The number of benzene rings is 16. The molecule has 0 fully saturated rings. The summed E-state index contributed by atoms with van der Waals surface area (Å²) in [7, 11) is 0. The van der Waals surface area contributed by atoms with Gasteiger partial charge in [-0.1, -0.05) is 295 Å². The highest BCUT2D eigenvalue weighted by atomic mass is 16.1. The lowest BCUT2D eigenvalue weighted by Gasteiger charge is -2.14. The summed E-state index contributed by atoms with van der Waals surface area (Å²) < 4.78 is 0. The Morgan fingerprint density at radius 2 is 0.537 bits per heavy atom. The van der Waals surface area contributed by atoms with Gasteiger partial charge in [0.2, 0.25) is 0 Å². The number of carbonyl (C=O) groups is 1. The number of ketones is 1. The maximum absolute atomic E-state index is 11.7. The maximum Gasteiger partial charge on any atom is 0.159 e. The first-order chi connectivity index (χ1) is 39.9. The van der Waals surface area contributed by atoms with Crippen molar-refractivity contribution in [1.29, 1.82) is 0 Å². The minimum Gasteiger partial charge on any atom is -0.295 e. The van der Waals surface area contributed by atoms with Crippen molar-refractivity contribution >= 4 is 141 Å². The monoisotopic (exact) mass is 1050 g/mol. The average molecular weight is 1050 g/mol. The van der Waals surface area contributed by atoms with Crippen molar-refractivity contribution in [3.8, 4) is 0 Å². The van der Waals surface area contributed by atoms with Gasteiger partial charge in [-0.05, 0) is 172 Å². The smallest absolute Gasteiger partial charge is 0.159 e. The van der Waals surface area contributed by atoms with Crippen molar-refractivity contribution in [2.45, 2.75) is 40.5 Å². The first kappa shape index (κ1) is 52.7. The number of hydrogen-bond acceptors (Lipinski definition) is 1. The summed E-state index contributed by atoms with van der Waals surface area (Å²) >= 11 is 0. The summed E-state index contributed by atoms with van der Waals surface area (Å²) in [5, 5.41) is 31.4. The van der Waals surface area contributed by atoms with E-state index in [0.717, 1.165) is 16.5 Å². The fourth-order valence-electron chi connectivity index (χ4n) is 12.5. The van der Waals surface area contributed by atoms with Gasteiger partial charge in [0.25, 0.3) is 0 Å². The van der Waals surface area contributed by atoms with Gasteiger partial charge in [-0.15, -0.1) is 0 Å². The molecular weight excluding hydrogens is 989 g/mol. The lowest BCUT2D eigenvalue weighted by Crippen LogP contribution is -1.92. The van der Waals surface area contributed by atoms with Crippen LogP contribution >= 0.6 is 0 Å². The molecule has 394 valence electrons. The van der Waals surface area contributed by atoms with Crippen molar-refractivity contribution < 1.29 is 4.79 Å². The normalized spacial score (nSPS) is 11.6. The van der Waals surface area contributed by atoms with Crippen LogP contribution in [0.1, 0.15) is 62.0 Å². The molecule has 0 aromatic heterocycles. The third-order valence-corrected chi connectivity index (χ3v) is 16.8. The molecule has 0 aliphatic heterocycles. The Morgan fingerprint density at radius 3 is 0.793 bits per heavy atom. The zero-order valence-corrected chi connectivity index (χ0v) is 46.0. The Morgan fingerprint density at radius 1 is 0.317 bits per heavy atom. The second-order valence-corrected chi connectivity index (χ2v) is 21.4. The summed E-state index contributed by atoms with van der Waals surface area (Å²) in [5.41, 5.74) is 3.37. The van der Waals surface area contributed by atoms with E-state index in [-0.39, 0.29) is 13.2 Å². The lowest BCUT2D eigenvalue weighted by atomic mass is 9.90. The third kappa shape index (κ3) is 9.44. The third-order valence-electron chi connectivity index (χ3n) is 16.8. The molecule has 16 aromatic carbocycles. The average Bonchev–Trinajstić information content (AvgIpc) is 3.54. The van der Waals surface area contributed by atoms with Gasteiger partial charge in [-0.3, -0.25) is 4.79 Å². The molecule has 0 aliphatic carbocycles. The Bertz CT molecular complexity index is 4790. The van der Waals surface area contributed by atoms with E-state index in [9.17, 15) is 4.79 Å². The molecule has 0 bridgehead atoms. The van der Waals surface area contributed by atoms with Gasteiger partial charge < -0.3 is 0 Å². The molecule has 0 amide bonds. The molecule has 16 aromatic rings. The van der Waals surface area contributed by atoms with Crippen LogP contribution < -0.4 is 0 Å². The molecule has 0 heterocycles. The number of hydrogen-bond donors (Lipinski definition) is 0. The molecule has 0 saturated heterocycles. The second-order valence-electron chi connectivity index (χ2n) is 21.4. The number of Topliss-reactive ketones (excluding diaryl/α,β-unsaturated/α-hetero) is 1. The molecule has 0 spiro atoms. The molecule has 0 N–H and O–H groups in total. The zero-order valence-electron chi connectivity index (χ0n) is 46.0. The van der Waals surface area contributed by atoms with Crippen LogP contribution in [0.25, 0.3) is 135 Å². The van der Waals surface area contributed by atoms with Crippen LogP contribution in [0.3, 0.4) is 0 Å². The van der Waals surface area contributed by atoms with E-state index in [4.69, 9.17) is 0 Å². The Balaban J connectivity index is 0.000000108. The summed E-state index contributed by atoms with van der Waals surface area (Å²) in [6.07, 6.45) is 3.08. The first-order valence-corrected chi connectivity index (χ1v) is 28.3. The van der Waals surface area contributed by atoms with E-state index in [1.54, 1.807) is 6.92 Å². The molecule has 1 unspecified atom stereocenters. The van der Waals surface area contributed by atoms with Crippen LogP contribution in [-0.4, -0.2) is 5.78 Å². The number of carbonyl (C=O) groups excluding carboxylic acids is 1. The molecule has 0 radical (unpaired) electrons. The van der Waals surface area contributed by atoms with Gasteiger partial charge in [0.1, 0.15) is 0 Å². The van der Waals surface area contributed by atoms with Crippen molar-refractivity contribution in [1.82, 2.24) is 0 Å². The number of rotatable bonds is 4. The van der Waals surface area contributed by atoms with Crippen molar-refractivity contribution in [2.75, 3.05) is 0 Å². The van der Waals surface area contributed by atoms with E-state index in [1.807, 2.05) is 18.2 Å². The Labute approximate surface area is 480 Å². The van der Waals surface area contributed by atoms with Gasteiger partial charge >= 0.3 is 0 Å². The summed E-state index contributed by atoms with van der Waals surface area (Å²) in [6, 6.07) is 97.2. The predicted octanol–water partition coefficient (Wildman–Crippen LogP) is 23.6. The summed E-state index contributed by atoms with van der Waals surface area (Å²) in [6.45, 7) is 10.1. The SMILES string of the molecule is C.C=Cc1ccc2c3ccccc3c3ccccc3c2c1.CC(=O)c1ccc2c3ccccc3c3ccccc3c2c1.CCC(C)c1ccc2c3ccccc3c3ccccc3c2c1.c1ccc2c(c1)c1ccccc1c1ccccc21. The Hall–Kier alpha value is -9.95. The van der Waals surface area contributed by atoms with Crippen LogP contribution in [0.5, 0.6) is 0 Å². The minimum atomic E-state index is 0. The van der Waals surface area contributed by atoms with E-state index >= 15 is 0 Å². The molecular formula is C81H64O. The molecule has 1 atom stereocenters. The van der Waals surface area contributed by atoms with Gasteiger partial charge in [0.05, 0.1) is 0 Å². The fourth-order valence-corrected chi connectivity index (χ4v) is 12.5. The van der Waals surface area contributed by atoms with E-state index in [1.165, 1.54) is 136 Å². The minimum absolute atomic E-state index is 0. The largest absolute Gasteiger partial charge is 0.295 e. The highest BCUT2D eigenvalue weighted by molar-refractivity contribution is 6.29. The molecule has 0 aliphatic rings. The van der Waals surface area contributed by atoms with Crippen molar-refractivity contribution in [2.24, 2.45) is 0 Å². The van der Waals surface area contributed by atoms with Gasteiger partial charge in [0, 0.05) is 5.56 Å². The van der Waals surface area contributed by atoms with E-state index in [0.29, 0.717) is 5.92 Å². The zero-order chi connectivity index (χ0) is 55.0. The molecule has 1 heteroatoms. The van der Waals surface area contributed by atoms with Crippen LogP contribution in [-0.2, 0) is 0 Å². The number of fused-ring (bicyclic) bond motifs is 24. The Kier molecular flexibility index (Phi) is 14.6. The molecule has 82 heavy (non-hydrogen) atoms.